The molecule has 2 heterocycles. The van der Waals surface area contributed by atoms with Crippen molar-refractivity contribution in [3.8, 4) is 17.5 Å². The van der Waals surface area contributed by atoms with Crippen LogP contribution in [0.1, 0.15) is 5.69 Å². The summed E-state index contributed by atoms with van der Waals surface area (Å²) in [6, 6.07) is 5.65. The third kappa shape index (κ3) is 1.58. The van der Waals surface area contributed by atoms with Crippen LogP contribution in [0.25, 0.3) is 11.4 Å². The fourth-order valence-corrected chi connectivity index (χ4v) is 1.59. The molecular weight excluding hydrogens is 212 g/mol. The van der Waals surface area contributed by atoms with Gasteiger partial charge in [-0.3, -0.25) is 4.98 Å². The molecule has 0 amide bonds. The molecule has 0 fully saturated rings. The topological polar surface area (TPSA) is 54.5 Å². The van der Waals surface area contributed by atoms with E-state index in [0.29, 0.717) is 11.5 Å². The number of nitrogens with zero attached hydrogens (tertiary/aromatic N) is 4. The summed E-state index contributed by atoms with van der Waals surface area (Å²) in [5, 5.41) is 9.08. The zero-order valence-corrected chi connectivity index (χ0v) is 8.73. The summed E-state index contributed by atoms with van der Waals surface area (Å²) in [7, 11) is 1.76. The molecule has 2 aromatic rings. The Morgan fingerprint density at radius 2 is 2.07 bits per heavy atom. The monoisotopic (exact) mass is 218 g/mol. The van der Waals surface area contributed by atoms with Gasteiger partial charge in [0.05, 0.1) is 0 Å². The smallest absolute Gasteiger partial charge is 0.166 e. The SMILES string of the molecule is Cn1c(-c2ccncc2)nc(Cl)c1C#N. The van der Waals surface area contributed by atoms with Crippen molar-refractivity contribution < 1.29 is 0 Å². The number of pyridine rings is 1. The first kappa shape index (κ1) is 9.69. The number of halogens is 1. The highest BCUT2D eigenvalue weighted by Gasteiger charge is 2.13. The van der Waals surface area contributed by atoms with Crippen molar-refractivity contribution in [3.05, 3.63) is 35.4 Å². The molecule has 0 bridgehead atoms. The van der Waals surface area contributed by atoms with Crippen LogP contribution < -0.4 is 0 Å². The second-order valence-corrected chi connectivity index (χ2v) is 3.34. The van der Waals surface area contributed by atoms with E-state index in [-0.39, 0.29) is 5.15 Å². The van der Waals surface area contributed by atoms with E-state index in [2.05, 4.69) is 9.97 Å². The molecular formula is C10H7ClN4. The predicted molar refractivity (Wildman–Crippen MR) is 56.2 cm³/mol. The van der Waals surface area contributed by atoms with Gasteiger partial charge in [0.2, 0.25) is 0 Å². The first-order valence-electron chi connectivity index (χ1n) is 4.26. The summed E-state index contributed by atoms with van der Waals surface area (Å²) < 4.78 is 1.66. The molecule has 74 valence electrons. The molecule has 2 aromatic heterocycles. The summed E-state index contributed by atoms with van der Waals surface area (Å²) in [6.07, 6.45) is 3.34. The van der Waals surface area contributed by atoms with Crippen molar-refractivity contribution >= 4 is 11.6 Å². The van der Waals surface area contributed by atoms with Gasteiger partial charge in [0.1, 0.15) is 11.9 Å². The zero-order valence-electron chi connectivity index (χ0n) is 7.98. The fourth-order valence-electron chi connectivity index (χ4n) is 1.35. The number of nitriles is 1. The van der Waals surface area contributed by atoms with E-state index in [1.165, 1.54) is 0 Å². The summed E-state index contributed by atoms with van der Waals surface area (Å²) in [4.78, 5) is 8.04. The molecule has 0 aliphatic carbocycles. The lowest BCUT2D eigenvalue weighted by atomic mass is 10.2. The molecule has 0 saturated heterocycles. The summed E-state index contributed by atoms with van der Waals surface area (Å²) in [5.74, 6) is 0.666. The van der Waals surface area contributed by atoms with Gasteiger partial charge in [-0.2, -0.15) is 5.26 Å². The Bertz CT molecular complexity index is 524. The molecule has 15 heavy (non-hydrogen) atoms. The molecule has 0 spiro atoms. The first-order valence-corrected chi connectivity index (χ1v) is 4.64. The van der Waals surface area contributed by atoms with E-state index in [1.54, 1.807) is 24.0 Å². The van der Waals surface area contributed by atoms with Crippen LogP contribution in [0.5, 0.6) is 0 Å². The molecule has 0 radical (unpaired) electrons. The van der Waals surface area contributed by atoms with Crippen LogP contribution in [0.2, 0.25) is 5.15 Å². The first-order chi connectivity index (χ1) is 7.24. The lowest BCUT2D eigenvalue weighted by molar-refractivity contribution is 0.907. The normalized spacial score (nSPS) is 9.93. The van der Waals surface area contributed by atoms with Gasteiger partial charge in [-0.25, -0.2) is 4.98 Å². The van der Waals surface area contributed by atoms with Crippen LogP contribution in [-0.4, -0.2) is 14.5 Å². The molecule has 0 saturated carbocycles. The minimum Gasteiger partial charge on any atom is -0.318 e. The molecule has 0 aliphatic rings. The Morgan fingerprint density at radius 1 is 1.40 bits per heavy atom. The number of imidazole rings is 1. The minimum absolute atomic E-state index is 0.229. The van der Waals surface area contributed by atoms with Crippen LogP contribution in [0.4, 0.5) is 0 Å². The largest absolute Gasteiger partial charge is 0.318 e. The van der Waals surface area contributed by atoms with Crippen molar-refractivity contribution in [1.82, 2.24) is 14.5 Å². The van der Waals surface area contributed by atoms with Gasteiger partial charge < -0.3 is 4.57 Å². The molecule has 0 atom stereocenters. The van der Waals surface area contributed by atoms with Crippen LogP contribution in [0.3, 0.4) is 0 Å². The third-order valence-electron chi connectivity index (χ3n) is 2.10. The Balaban J connectivity index is 2.62. The van der Waals surface area contributed by atoms with Gasteiger partial charge in [-0.05, 0) is 12.1 Å². The van der Waals surface area contributed by atoms with Crippen molar-refractivity contribution in [2.24, 2.45) is 7.05 Å². The summed E-state index contributed by atoms with van der Waals surface area (Å²) >= 11 is 5.83. The maximum atomic E-state index is 8.85. The van der Waals surface area contributed by atoms with E-state index >= 15 is 0 Å². The van der Waals surface area contributed by atoms with Crippen molar-refractivity contribution in [2.45, 2.75) is 0 Å². The fraction of sp³-hybridized carbons (Fsp3) is 0.100. The Kier molecular flexibility index (Phi) is 2.40. The van der Waals surface area contributed by atoms with E-state index in [9.17, 15) is 0 Å². The summed E-state index contributed by atoms with van der Waals surface area (Å²) in [5.41, 5.74) is 1.25. The minimum atomic E-state index is 0.229. The molecule has 2 rings (SSSR count). The number of rotatable bonds is 1. The van der Waals surface area contributed by atoms with E-state index < -0.39 is 0 Å². The Hall–Kier alpha value is -1.86. The van der Waals surface area contributed by atoms with Crippen molar-refractivity contribution in [3.63, 3.8) is 0 Å². The lowest BCUT2D eigenvalue weighted by Gasteiger charge is -2.00. The Morgan fingerprint density at radius 3 is 2.60 bits per heavy atom. The van der Waals surface area contributed by atoms with Gasteiger partial charge in [0, 0.05) is 25.0 Å². The highest BCUT2D eigenvalue weighted by atomic mass is 35.5. The van der Waals surface area contributed by atoms with Gasteiger partial charge in [-0.1, -0.05) is 11.6 Å². The van der Waals surface area contributed by atoms with Crippen LogP contribution in [-0.2, 0) is 7.05 Å². The molecule has 0 aromatic carbocycles. The van der Waals surface area contributed by atoms with E-state index in [4.69, 9.17) is 16.9 Å². The second-order valence-electron chi connectivity index (χ2n) is 2.98. The molecule has 4 nitrogen and oxygen atoms in total. The number of hydrogen-bond acceptors (Lipinski definition) is 3. The third-order valence-corrected chi connectivity index (χ3v) is 2.36. The van der Waals surface area contributed by atoms with Gasteiger partial charge in [0.25, 0.3) is 0 Å². The zero-order chi connectivity index (χ0) is 10.8. The molecule has 5 heteroatoms. The van der Waals surface area contributed by atoms with Crippen LogP contribution in [0, 0.1) is 11.3 Å². The highest BCUT2D eigenvalue weighted by molar-refractivity contribution is 6.30. The highest BCUT2D eigenvalue weighted by Crippen LogP contribution is 2.23. The molecule has 0 unspecified atom stereocenters. The molecule has 0 aliphatic heterocycles. The van der Waals surface area contributed by atoms with Crippen LogP contribution in [0.15, 0.2) is 24.5 Å². The lowest BCUT2D eigenvalue weighted by Crippen LogP contribution is -1.95. The van der Waals surface area contributed by atoms with Gasteiger partial charge in [-0.15, -0.1) is 0 Å². The van der Waals surface area contributed by atoms with Crippen LogP contribution >= 0.6 is 11.6 Å². The quantitative estimate of drug-likeness (QED) is 0.736. The predicted octanol–water partition coefficient (Wildman–Crippen LogP) is 2.01. The maximum absolute atomic E-state index is 8.85. The maximum Gasteiger partial charge on any atom is 0.166 e. The average Bonchev–Trinajstić information content (AvgIpc) is 2.55. The van der Waals surface area contributed by atoms with E-state index in [1.807, 2.05) is 18.2 Å². The van der Waals surface area contributed by atoms with Crippen molar-refractivity contribution in [1.29, 1.82) is 5.26 Å². The average molecular weight is 219 g/mol. The summed E-state index contributed by atoms with van der Waals surface area (Å²) in [6.45, 7) is 0. The van der Waals surface area contributed by atoms with E-state index in [0.717, 1.165) is 5.56 Å². The number of aromatic nitrogens is 3. The van der Waals surface area contributed by atoms with Gasteiger partial charge in [0.15, 0.2) is 10.8 Å². The Labute approximate surface area is 91.8 Å². The number of hydrogen-bond donors (Lipinski definition) is 0. The molecule has 0 N–H and O–H groups in total. The standard InChI is InChI=1S/C10H7ClN4/c1-15-8(6-12)9(11)14-10(15)7-2-4-13-5-3-7/h2-5H,1H3. The van der Waals surface area contributed by atoms with Gasteiger partial charge >= 0.3 is 0 Å². The second kappa shape index (κ2) is 3.71. The van der Waals surface area contributed by atoms with Crippen molar-refractivity contribution in [2.75, 3.05) is 0 Å².